The molecule has 0 aromatic heterocycles. The average molecular weight is 171 g/mol. The Morgan fingerprint density at radius 1 is 1.42 bits per heavy atom. The fourth-order valence-electron chi connectivity index (χ4n) is 1.32. The molecule has 0 spiro atoms. The van der Waals surface area contributed by atoms with E-state index in [0.717, 1.165) is 6.42 Å². The van der Waals surface area contributed by atoms with Crippen LogP contribution in [0.3, 0.4) is 0 Å². The molecular weight excluding hydrogens is 150 g/mol. The monoisotopic (exact) mass is 171 g/mol. The molecule has 12 heavy (non-hydrogen) atoms. The van der Waals surface area contributed by atoms with Crippen LogP contribution in [0.2, 0.25) is 0 Å². The minimum atomic E-state index is -0.191. The van der Waals surface area contributed by atoms with E-state index in [4.69, 9.17) is 0 Å². The van der Waals surface area contributed by atoms with Gasteiger partial charge in [0.05, 0.1) is 0 Å². The Morgan fingerprint density at radius 2 is 1.83 bits per heavy atom. The first-order valence-corrected chi connectivity index (χ1v) is 4.58. The van der Waals surface area contributed by atoms with Crippen molar-refractivity contribution < 1.29 is 4.79 Å². The molecule has 0 aromatic carbocycles. The van der Waals surface area contributed by atoms with E-state index in [9.17, 15) is 4.79 Å². The lowest BCUT2D eigenvalue weighted by Crippen LogP contribution is -2.41. The molecule has 0 aliphatic rings. The van der Waals surface area contributed by atoms with E-state index in [1.165, 1.54) is 0 Å². The predicted octanol–water partition coefficient (Wildman–Crippen LogP) is 2.15. The SMILES string of the molecule is CCC(C)(C(=O)N(C)C)C(C)C. The van der Waals surface area contributed by atoms with Crippen LogP contribution in [0, 0.1) is 11.3 Å². The third-order valence-electron chi connectivity index (χ3n) is 2.90. The van der Waals surface area contributed by atoms with Crippen LogP contribution < -0.4 is 0 Å². The summed E-state index contributed by atoms with van der Waals surface area (Å²) in [5, 5.41) is 0. The van der Waals surface area contributed by atoms with Crippen LogP contribution in [0.5, 0.6) is 0 Å². The first-order chi connectivity index (χ1) is 5.36. The van der Waals surface area contributed by atoms with Crippen molar-refractivity contribution in [3.63, 3.8) is 0 Å². The van der Waals surface area contributed by atoms with Crippen molar-refractivity contribution in [2.75, 3.05) is 14.1 Å². The van der Waals surface area contributed by atoms with Gasteiger partial charge in [-0.25, -0.2) is 0 Å². The largest absolute Gasteiger partial charge is 0.348 e. The van der Waals surface area contributed by atoms with Gasteiger partial charge >= 0.3 is 0 Å². The second-order valence-electron chi connectivity index (χ2n) is 4.13. The summed E-state index contributed by atoms with van der Waals surface area (Å²) in [6.45, 7) is 8.32. The molecule has 0 radical (unpaired) electrons. The maximum absolute atomic E-state index is 11.8. The van der Waals surface area contributed by atoms with Gasteiger partial charge in [0.25, 0.3) is 0 Å². The number of amides is 1. The summed E-state index contributed by atoms with van der Waals surface area (Å²) >= 11 is 0. The van der Waals surface area contributed by atoms with Crippen molar-refractivity contribution in [1.29, 1.82) is 0 Å². The summed E-state index contributed by atoms with van der Waals surface area (Å²) in [6.07, 6.45) is 0.904. The van der Waals surface area contributed by atoms with Gasteiger partial charge in [-0.05, 0) is 12.3 Å². The zero-order valence-electron chi connectivity index (χ0n) is 9.14. The highest BCUT2D eigenvalue weighted by atomic mass is 16.2. The van der Waals surface area contributed by atoms with Gasteiger partial charge in [-0.3, -0.25) is 4.79 Å². The molecule has 0 aliphatic carbocycles. The van der Waals surface area contributed by atoms with Gasteiger partial charge in [-0.2, -0.15) is 0 Å². The number of rotatable bonds is 3. The Balaban J connectivity index is 4.64. The lowest BCUT2D eigenvalue weighted by molar-refractivity contribution is -0.141. The first kappa shape index (κ1) is 11.5. The molecule has 0 saturated carbocycles. The molecule has 0 bridgehead atoms. The number of hydrogen-bond acceptors (Lipinski definition) is 1. The minimum absolute atomic E-state index is 0.191. The van der Waals surface area contributed by atoms with E-state index in [2.05, 4.69) is 20.8 Å². The van der Waals surface area contributed by atoms with Gasteiger partial charge in [0.2, 0.25) is 5.91 Å². The maximum atomic E-state index is 11.8. The van der Waals surface area contributed by atoms with Gasteiger partial charge in [0.15, 0.2) is 0 Å². The molecule has 0 aliphatic heterocycles. The first-order valence-electron chi connectivity index (χ1n) is 4.58. The van der Waals surface area contributed by atoms with E-state index in [-0.39, 0.29) is 11.3 Å². The van der Waals surface area contributed by atoms with E-state index in [0.29, 0.717) is 5.92 Å². The lowest BCUT2D eigenvalue weighted by Gasteiger charge is -2.33. The molecule has 2 nitrogen and oxygen atoms in total. The molecular formula is C10H21NO. The predicted molar refractivity (Wildman–Crippen MR) is 51.9 cm³/mol. The third kappa shape index (κ3) is 1.99. The Kier molecular flexibility index (Phi) is 3.75. The molecule has 1 atom stereocenters. The summed E-state index contributed by atoms with van der Waals surface area (Å²) in [5.74, 6) is 0.636. The fourth-order valence-corrected chi connectivity index (χ4v) is 1.32. The van der Waals surface area contributed by atoms with Crippen molar-refractivity contribution in [3.05, 3.63) is 0 Å². The molecule has 0 fully saturated rings. The Hall–Kier alpha value is -0.530. The minimum Gasteiger partial charge on any atom is -0.348 e. The highest BCUT2D eigenvalue weighted by Gasteiger charge is 2.35. The van der Waals surface area contributed by atoms with Gasteiger partial charge in [-0.1, -0.05) is 27.7 Å². The van der Waals surface area contributed by atoms with E-state index in [1.54, 1.807) is 4.90 Å². The summed E-state index contributed by atoms with van der Waals surface area (Å²) < 4.78 is 0. The van der Waals surface area contributed by atoms with Gasteiger partial charge in [0, 0.05) is 19.5 Å². The van der Waals surface area contributed by atoms with Crippen molar-refractivity contribution >= 4 is 5.91 Å². The van der Waals surface area contributed by atoms with Gasteiger partial charge < -0.3 is 4.90 Å². The smallest absolute Gasteiger partial charge is 0.228 e. The molecule has 0 heterocycles. The Morgan fingerprint density at radius 3 is 1.92 bits per heavy atom. The molecule has 0 saturated heterocycles. The van der Waals surface area contributed by atoms with Crippen molar-refractivity contribution in [2.45, 2.75) is 34.1 Å². The molecule has 0 N–H and O–H groups in total. The fraction of sp³-hybridized carbons (Fsp3) is 0.900. The highest BCUT2D eigenvalue weighted by Crippen LogP contribution is 2.32. The van der Waals surface area contributed by atoms with Crippen molar-refractivity contribution in [2.24, 2.45) is 11.3 Å². The molecule has 0 rings (SSSR count). The second kappa shape index (κ2) is 3.92. The van der Waals surface area contributed by atoms with E-state index >= 15 is 0 Å². The summed E-state index contributed by atoms with van der Waals surface area (Å²) in [7, 11) is 3.64. The molecule has 72 valence electrons. The van der Waals surface area contributed by atoms with Gasteiger partial charge in [-0.15, -0.1) is 0 Å². The number of carbonyl (C=O) groups is 1. The third-order valence-corrected chi connectivity index (χ3v) is 2.90. The number of carbonyl (C=O) groups excluding carboxylic acids is 1. The van der Waals surface area contributed by atoms with E-state index in [1.807, 2.05) is 21.0 Å². The second-order valence-corrected chi connectivity index (χ2v) is 4.13. The summed E-state index contributed by atoms with van der Waals surface area (Å²) in [4.78, 5) is 13.4. The van der Waals surface area contributed by atoms with Crippen LogP contribution in [-0.4, -0.2) is 24.9 Å². The lowest BCUT2D eigenvalue weighted by atomic mass is 9.76. The molecule has 1 unspecified atom stereocenters. The topological polar surface area (TPSA) is 20.3 Å². The van der Waals surface area contributed by atoms with Crippen LogP contribution in [0.15, 0.2) is 0 Å². The van der Waals surface area contributed by atoms with Crippen LogP contribution >= 0.6 is 0 Å². The zero-order valence-corrected chi connectivity index (χ0v) is 9.14. The van der Waals surface area contributed by atoms with Crippen molar-refractivity contribution in [1.82, 2.24) is 4.90 Å². The Bertz CT molecular complexity index is 163. The normalized spacial score (nSPS) is 15.9. The van der Waals surface area contributed by atoms with Crippen LogP contribution in [0.1, 0.15) is 34.1 Å². The molecule has 2 heteroatoms. The van der Waals surface area contributed by atoms with Crippen LogP contribution in [0.25, 0.3) is 0 Å². The van der Waals surface area contributed by atoms with Crippen LogP contribution in [-0.2, 0) is 4.79 Å². The quantitative estimate of drug-likeness (QED) is 0.637. The highest BCUT2D eigenvalue weighted by molar-refractivity contribution is 5.82. The van der Waals surface area contributed by atoms with E-state index < -0.39 is 0 Å². The van der Waals surface area contributed by atoms with Crippen LogP contribution in [0.4, 0.5) is 0 Å². The molecule has 0 aromatic rings. The number of nitrogens with zero attached hydrogens (tertiary/aromatic N) is 1. The standard InChI is InChI=1S/C10H21NO/c1-7-10(4,8(2)3)9(12)11(5)6/h8H,7H2,1-6H3. The molecule has 1 amide bonds. The Labute approximate surface area is 75.9 Å². The maximum Gasteiger partial charge on any atom is 0.228 e. The summed E-state index contributed by atoms with van der Waals surface area (Å²) in [6, 6.07) is 0. The number of hydrogen-bond donors (Lipinski definition) is 0. The zero-order chi connectivity index (χ0) is 9.94. The summed E-state index contributed by atoms with van der Waals surface area (Å²) in [5.41, 5.74) is -0.191. The average Bonchev–Trinajstić information content (AvgIpc) is 2.01. The van der Waals surface area contributed by atoms with Crippen molar-refractivity contribution in [3.8, 4) is 0 Å². The van der Waals surface area contributed by atoms with Gasteiger partial charge in [0.1, 0.15) is 0 Å².